The third-order valence-electron chi connectivity index (χ3n) is 4.93. The molecule has 0 radical (unpaired) electrons. The van der Waals surface area contributed by atoms with Gasteiger partial charge in [0, 0.05) is 29.5 Å². The molecule has 0 saturated heterocycles. The minimum absolute atomic E-state index is 0.258. The average Bonchev–Trinajstić information content (AvgIpc) is 3.05. The van der Waals surface area contributed by atoms with Crippen LogP contribution in [0, 0.1) is 5.92 Å². The van der Waals surface area contributed by atoms with E-state index in [-0.39, 0.29) is 6.04 Å². The van der Waals surface area contributed by atoms with Gasteiger partial charge in [0.25, 0.3) is 0 Å². The standard InChI is InChI=1S/C19H22N4/c1-2-7-14(8-3-1)18(23-19-20-11-6-12-21-19)16-13-22-17-10-5-4-9-15(16)17/h4-6,9-14,18,22H,1-3,7-8H2,(H,20,21,23). The molecule has 0 amide bonds. The maximum atomic E-state index is 4.37. The van der Waals surface area contributed by atoms with Crippen LogP contribution in [0.25, 0.3) is 10.9 Å². The summed E-state index contributed by atoms with van der Waals surface area (Å²) in [5.41, 5.74) is 2.53. The lowest BCUT2D eigenvalue weighted by atomic mass is 9.81. The fourth-order valence-electron chi connectivity index (χ4n) is 3.78. The Bertz CT molecular complexity index is 759. The molecular weight excluding hydrogens is 284 g/mol. The van der Waals surface area contributed by atoms with Gasteiger partial charge in [-0.3, -0.25) is 0 Å². The summed E-state index contributed by atoms with van der Waals surface area (Å²) in [5.74, 6) is 1.35. The lowest BCUT2D eigenvalue weighted by molar-refractivity contribution is 0.321. The largest absolute Gasteiger partial charge is 0.361 e. The highest BCUT2D eigenvalue weighted by Crippen LogP contribution is 2.38. The number of aromatic amines is 1. The summed E-state index contributed by atoms with van der Waals surface area (Å²) in [6.45, 7) is 0. The zero-order valence-electron chi connectivity index (χ0n) is 13.2. The van der Waals surface area contributed by atoms with Crippen LogP contribution in [0.4, 0.5) is 5.95 Å². The Morgan fingerprint density at radius 2 is 1.78 bits per heavy atom. The molecule has 4 nitrogen and oxygen atoms in total. The van der Waals surface area contributed by atoms with Gasteiger partial charge in [-0.2, -0.15) is 0 Å². The van der Waals surface area contributed by atoms with Crippen molar-refractivity contribution >= 4 is 16.9 Å². The molecule has 1 aromatic carbocycles. The van der Waals surface area contributed by atoms with Crippen LogP contribution in [0.1, 0.15) is 43.7 Å². The molecular formula is C19H22N4. The van der Waals surface area contributed by atoms with Crippen molar-refractivity contribution in [2.24, 2.45) is 5.92 Å². The van der Waals surface area contributed by atoms with Crippen molar-refractivity contribution in [3.05, 3.63) is 54.5 Å². The number of fused-ring (bicyclic) bond motifs is 1. The second kappa shape index (κ2) is 6.41. The van der Waals surface area contributed by atoms with Gasteiger partial charge in [0.2, 0.25) is 5.95 Å². The Kier molecular flexibility index (Phi) is 3.97. The summed E-state index contributed by atoms with van der Waals surface area (Å²) in [6.07, 6.45) is 12.3. The summed E-state index contributed by atoms with van der Waals surface area (Å²) in [7, 11) is 0. The molecule has 1 saturated carbocycles. The number of nitrogens with zero attached hydrogens (tertiary/aromatic N) is 2. The van der Waals surface area contributed by atoms with Gasteiger partial charge in [0.15, 0.2) is 0 Å². The van der Waals surface area contributed by atoms with E-state index in [4.69, 9.17) is 0 Å². The van der Waals surface area contributed by atoms with Crippen LogP contribution < -0.4 is 5.32 Å². The second-order valence-corrected chi connectivity index (χ2v) is 6.38. The van der Waals surface area contributed by atoms with Crippen molar-refractivity contribution < 1.29 is 0 Å². The van der Waals surface area contributed by atoms with E-state index >= 15 is 0 Å². The molecule has 0 bridgehead atoms. The third kappa shape index (κ3) is 2.93. The van der Waals surface area contributed by atoms with Gasteiger partial charge >= 0.3 is 0 Å². The molecule has 118 valence electrons. The normalized spacial score (nSPS) is 17.2. The molecule has 3 aromatic rings. The number of hydrogen-bond acceptors (Lipinski definition) is 3. The highest BCUT2D eigenvalue weighted by molar-refractivity contribution is 5.84. The molecule has 1 aliphatic rings. The minimum Gasteiger partial charge on any atom is -0.361 e. The van der Waals surface area contributed by atoms with Crippen molar-refractivity contribution in [3.8, 4) is 0 Å². The quantitative estimate of drug-likeness (QED) is 0.735. The number of para-hydroxylation sites is 1. The van der Waals surface area contributed by atoms with E-state index in [1.165, 1.54) is 48.6 Å². The van der Waals surface area contributed by atoms with E-state index in [0.29, 0.717) is 11.9 Å². The molecule has 2 heterocycles. The SMILES string of the molecule is c1cnc(NC(c2c[nH]c3ccccc23)C2CCCCC2)nc1. The molecule has 1 fully saturated rings. The van der Waals surface area contributed by atoms with Gasteiger partial charge in [-0.05, 0) is 36.5 Å². The number of H-pyrrole nitrogens is 1. The summed E-state index contributed by atoms with van der Waals surface area (Å²) in [5, 5.41) is 4.90. The number of aromatic nitrogens is 3. The zero-order valence-corrected chi connectivity index (χ0v) is 13.2. The van der Waals surface area contributed by atoms with Crippen LogP contribution in [-0.2, 0) is 0 Å². The minimum atomic E-state index is 0.258. The Labute approximate surface area is 136 Å². The Hall–Kier alpha value is -2.36. The van der Waals surface area contributed by atoms with Crippen LogP contribution in [0.5, 0.6) is 0 Å². The Morgan fingerprint density at radius 1 is 1.00 bits per heavy atom. The molecule has 23 heavy (non-hydrogen) atoms. The van der Waals surface area contributed by atoms with Crippen LogP contribution in [0.15, 0.2) is 48.9 Å². The number of anilines is 1. The monoisotopic (exact) mass is 306 g/mol. The molecule has 1 atom stereocenters. The first-order chi connectivity index (χ1) is 11.4. The predicted molar refractivity (Wildman–Crippen MR) is 93.3 cm³/mol. The van der Waals surface area contributed by atoms with Crippen molar-refractivity contribution in [3.63, 3.8) is 0 Å². The summed E-state index contributed by atoms with van der Waals surface area (Å²) < 4.78 is 0. The number of hydrogen-bond donors (Lipinski definition) is 2. The first-order valence-corrected chi connectivity index (χ1v) is 8.51. The van der Waals surface area contributed by atoms with E-state index in [0.717, 1.165) is 0 Å². The van der Waals surface area contributed by atoms with Crippen molar-refractivity contribution in [1.82, 2.24) is 15.0 Å². The number of benzene rings is 1. The van der Waals surface area contributed by atoms with Gasteiger partial charge in [0.1, 0.15) is 0 Å². The fourth-order valence-corrected chi connectivity index (χ4v) is 3.78. The number of rotatable bonds is 4. The predicted octanol–water partition coefficient (Wildman–Crippen LogP) is 4.69. The molecule has 1 aliphatic carbocycles. The topological polar surface area (TPSA) is 53.6 Å². The molecule has 4 rings (SSSR count). The van der Waals surface area contributed by atoms with Crippen molar-refractivity contribution in [1.29, 1.82) is 0 Å². The summed E-state index contributed by atoms with van der Waals surface area (Å²) in [6, 6.07) is 10.6. The first kappa shape index (κ1) is 14.2. The third-order valence-corrected chi connectivity index (χ3v) is 4.93. The van der Waals surface area contributed by atoms with Crippen molar-refractivity contribution in [2.75, 3.05) is 5.32 Å². The lowest BCUT2D eigenvalue weighted by Gasteiger charge is -2.31. The number of nitrogens with one attached hydrogen (secondary N) is 2. The van der Waals surface area contributed by atoms with Crippen LogP contribution in [0.3, 0.4) is 0 Å². The van der Waals surface area contributed by atoms with Crippen molar-refractivity contribution in [2.45, 2.75) is 38.1 Å². The Balaban J connectivity index is 1.72. The molecule has 2 aromatic heterocycles. The maximum Gasteiger partial charge on any atom is 0.223 e. The highest BCUT2D eigenvalue weighted by atomic mass is 15.1. The van der Waals surface area contributed by atoms with Gasteiger partial charge in [-0.25, -0.2) is 9.97 Å². The van der Waals surface area contributed by atoms with E-state index in [1.54, 1.807) is 12.4 Å². The molecule has 1 unspecified atom stereocenters. The van der Waals surface area contributed by atoms with Gasteiger partial charge in [0.05, 0.1) is 6.04 Å². The van der Waals surface area contributed by atoms with Gasteiger partial charge in [-0.1, -0.05) is 37.5 Å². The van der Waals surface area contributed by atoms with E-state index in [2.05, 4.69) is 50.7 Å². The smallest absolute Gasteiger partial charge is 0.223 e. The molecule has 4 heteroatoms. The summed E-state index contributed by atoms with van der Waals surface area (Å²) in [4.78, 5) is 12.2. The maximum absolute atomic E-state index is 4.37. The van der Waals surface area contributed by atoms with Crippen LogP contribution in [0.2, 0.25) is 0 Å². The molecule has 2 N–H and O–H groups in total. The fraction of sp³-hybridized carbons (Fsp3) is 0.368. The van der Waals surface area contributed by atoms with E-state index < -0.39 is 0 Å². The lowest BCUT2D eigenvalue weighted by Crippen LogP contribution is -2.24. The van der Waals surface area contributed by atoms with E-state index in [1.807, 2.05) is 6.07 Å². The van der Waals surface area contributed by atoms with Gasteiger partial charge in [-0.15, -0.1) is 0 Å². The molecule has 0 spiro atoms. The van der Waals surface area contributed by atoms with E-state index in [9.17, 15) is 0 Å². The highest BCUT2D eigenvalue weighted by Gasteiger charge is 2.27. The average molecular weight is 306 g/mol. The Morgan fingerprint density at radius 3 is 2.61 bits per heavy atom. The first-order valence-electron chi connectivity index (χ1n) is 8.51. The molecule has 0 aliphatic heterocycles. The second-order valence-electron chi connectivity index (χ2n) is 6.38. The zero-order chi connectivity index (χ0) is 15.5. The van der Waals surface area contributed by atoms with Crippen LogP contribution >= 0.6 is 0 Å². The summed E-state index contributed by atoms with van der Waals surface area (Å²) >= 11 is 0. The van der Waals surface area contributed by atoms with Crippen LogP contribution in [-0.4, -0.2) is 15.0 Å². The van der Waals surface area contributed by atoms with Gasteiger partial charge < -0.3 is 10.3 Å².